The van der Waals surface area contributed by atoms with E-state index in [1.165, 1.54) is 0 Å². The number of rotatable bonds is 10. The molecule has 6 nitrogen and oxygen atoms in total. The molecule has 1 aromatic carbocycles. The highest BCUT2D eigenvalue weighted by molar-refractivity contribution is 7.10. The second-order valence-electron chi connectivity index (χ2n) is 7.81. The fraction of sp³-hybridized carbons (Fsp3) is 0.308. The van der Waals surface area contributed by atoms with Crippen LogP contribution in [0.3, 0.4) is 0 Å². The first-order chi connectivity index (χ1) is 16.3. The fourth-order valence-corrected chi connectivity index (χ4v) is 4.23. The molecule has 0 aliphatic carbocycles. The van der Waals surface area contributed by atoms with Gasteiger partial charge >= 0.3 is 0 Å². The van der Waals surface area contributed by atoms with Crippen LogP contribution in [-0.4, -0.2) is 60.1 Å². The largest absolute Gasteiger partial charge is 0.492 e. The quantitative estimate of drug-likeness (QED) is 0.424. The number of carbonyl (C=O) groups excluding carboxylic acids is 1. The van der Waals surface area contributed by atoms with E-state index in [2.05, 4.69) is 9.88 Å². The van der Waals surface area contributed by atoms with Crippen molar-refractivity contribution in [2.45, 2.75) is 13.1 Å². The minimum atomic E-state index is -0.0484. The molecule has 0 N–H and O–H groups in total. The van der Waals surface area contributed by atoms with E-state index in [1.807, 2.05) is 66.1 Å². The Morgan fingerprint density at radius 2 is 2.03 bits per heavy atom. The van der Waals surface area contributed by atoms with Gasteiger partial charge in [-0.15, -0.1) is 11.3 Å². The van der Waals surface area contributed by atoms with E-state index in [0.29, 0.717) is 19.7 Å². The Balaban J connectivity index is 1.40. The van der Waals surface area contributed by atoms with Crippen LogP contribution in [0.5, 0.6) is 5.75 Å². The Morgan fingerprint density at radius 3 is 2.82 bits per heavy atom. The average molecular weight is 464 g/mol. The number of thiophene rings is 1. The number of morpholine rings is 1. The van der Waals surface area contributed by atoms with Gasteiger partial charge in [-0.2, -0.15) is 0 Å². The Labute approximate surface area is 199 Å². The maximum atomic E-state index is 13.0. The zero-order valence-corrected chi connectivity index (χ0v) is 19.5. The predicted octanol–water partition coefficient (Wildman–Crippen LogP) is 4.10. The number of nitrogens with zero attached hydrogens (tertiary/aromatic N) is 3. The second-order valence-corrected chi connectivity index (χ2v) is 8.79. The number of benzene rings is 1. The number of ether oxygens (including phenoxy) is 2. The Hall–Kier alpha value is -3.00. The molecule has 3 aromatic rings. The molecule has 4 rings (SSSR count). The van der Waals surface area contributed by atoms with Crippen molar-refractivity contribution in [3.05, 3.63) is 88.4 Å². The second kappa shape index (κ2) is 12.3. The average Bonchev–Trinajstić information content (AvgIpc) is 3.38. The van der Waals surface area contributed by atoms with Gasteiger partial charge in [-0.1, -0.05) is 24.3 Å². The first-order valence-corrected chi connectivity index (χ1v) is 12.1. The lowest BCUT2D eigenvalue weighted by molar-refractivity contribution is -0.127. The molecule has 0 unspecified atom stereocenters. The third-order valence-electron chi connectivity index (χ3n) is 5.38. The SMILES string of the molecule is O=C(/C=C/c1cccs1)N(Cc1cccc(OCCN2CCOCC2)c1)Cc1ccccn1. The van der Waals surface area contributed by atoms with Crippen LogP contribution in [0, 0.1) is 0 Å². The molecule has 33 heavy (non-hydrogen) atoms. The van der Waals surface area contributed by atoms with Gasteiger partial charge < -0.3 is 14.4 Å². The summed E-state index contributed by atoms with van der Waals surface area (Å²) in [4.78, 5) is 22.7. The maximum absolute atomic E-state index is 13.0. The number of carbonyl (C=O) groups is 1. The summed E-state index contributed by atoms with van der Waals surface area (Å²) in [6.07, 6.45) is 5.25. The van der Waals surface area contributed by atoms with Gasteiger partial charge in [0.25, 0.3) is 0 Å². The zero-order chi connectivity index (χ0) is 22.7. The monoisotopic (exact) mass is 463 g/mol. The van der Waals surface area contributed by atoms with E-state index >= 15 is 0 Å². The Kier molecular flexibility index (Phi) is 8.63. The minimum absolute atomic E-state index is 0.0484. The van der Waals surface area contributed by atoms with Crippen LogP contribution < -0.4 is 4.74 Å². The summed E-state index contributed by atoms with van der Waals surface area (Å²) in [5, 5.41) is 2.00. The van der Waals surface area contributed by atoms with Crippen molar-refractivity contribution in [3.63, 3.8) is 0 Å². The van der Waals surface area contributed by atoms with Crippen LogP contribution in [0.2, 0.25) is 0 Å². The third-order valence-corrected chi connectivity index (χ3v) is 6.21. The van der Waals surface area contributed by atoms with Gasteiger partial charge in [0, 0.05) is 43.3 Å². The van der Waals surface area contributed by atoms with Crippen molar-refractivity contribution in [3.8, 4) is 5.75 Å². The van der Waals surface area contributed by atoms with E-state index in [0.717, 1.165) is 54.7 Å². The first kappa shape index (κ1) is 23.2. The standard InChI is InChI=1S/C26H29N3O3S/c30-26(10-9-25-8-4-18-33-25)29(21-23-6-1-2-11-27-23)20-22-5-3-7-24(19-22)32-17-14-28-12-15-31-16-13-28/h1-11,18-19H,12-17,20-21H2/b10-9+. The molecular formula is C26H29N3O3S. The lowest BCUT2D eigenvalue weighted by atomic mass is 10.2. The first-order valence-electron chi connectivity index (χ1n) is 11.2. The van der Waals surface area contributed by atoms with E-state index < -0.39 is 0 Å². The molecule has 1 aliphatic heterocycles. The van der Waals surface area contributed by atoms with Gasteiger partial charge in [0.15, 0.2) is 0 Å². The van der Waals surface area contributed by atoms with Gasteiger partial charge in [-0.25, -0.2) is 0 Å². The third kappa shape index (κ3) is 7.53. The summed E-state index contributed by atoms with van der Waals surface area (Å²) < 4.78 is 11.4. The van der Waals surface area contributed by atoms with Gasteiger partial charge in [0.05, 0.1) is 25.5 Å². The van der Waals surface area contributed by atoms with Crippen LogP contribution in [0.1, 0.15) is 16.1 Å². The summed E-state index contributed by atoms with van der Waals surface area (Å²) >= 11 is 1.61. The molecule has 0 radical (unpaired) electrons. The lowest BCUT2D eigenvalue weighted by Crippen LogP contribution is -2.38. The molecule has 0 spiro atoms. The molecule has 1 amide bonds. The van der Waals surface area contributed by atoms with E-state index in [9.17, 15) is 4.79 Å². The van der Waals surface area contributed by atoms with Crippen LogP contribution in [-0.2, 0) is 22.6 Å². The highest BCUT2D eigenvalue weighted by Gasteiger charge is 2.14. The molecule has 1 aliphatic rings. The molecule has 172 valence electrons. The molecule has 1 fully saturated rings. The van der Waals surface area contributed by atoms with Crippen molar-refractivity contribution >= 4 is 23.3 Å². The van der Waals surface area contributed by atoms with E-state index in [1.54, 1.807) is 28.5 Å². The summed E-state index contributed by atoms with van der Waals surface area (Å²) in [5.41, 5.74) is 1.88. The van der Waals surface area contributed by atoms with Crippen molar-refractivity contribution < 1.29 is 14.3 Å². The lowest BCUT2D eigenvalue weighted by Gasteiger charge is -2.26. The smallest absolute Gasteiger partial charge is 0.247 e. The Morgan fingerprint density at radius 1 is 1.12 bits per heavy atom. The summed E-state index contributed by atoms with van der Waals surface area (Å²) in [5.74, 6) is 0.771. The van der Waals surface area contributed by atoms with Gasteiger partial charge in [0.1, 0.15) is 12.4 Å². The molecule has 7 heteroatoms. The molecule has 3 heterocycles. The highest BCUT2D eigenvalue weighted by Crippen LogP contribution is 2.17. The van der Waals surface area contributed by atoms with E-state index in [-0.39, 0.29) is 5.91 Å². The number of hydrogen-bond acceptors (Lipinski definition) is 6. The topological polar surface area (TPSA) is 54.9 Å². The van der Waals surface area contributed by atoms with Crippen LogP contribution in [0.4, 0.5) is 0 Å². The summed E-state index contributed by atoms with van der Waals surface area (Å²) in [7, 11) is 0. The van der Waals surface area contributed by atoms with Crippen LogP contribution in [0.25, 0.3) is 6.08 Å². The van der Waals surface area contributed by atoms with Crippen molar-refractivity contribution in [1.29, 1.82) is 0 Å². The van der Waals surface area contributed by atoms with Crippen molar-refractivity contribution in [1.82, 2.24) is 14.8 Å². The van der Waals surface area contributed by atoms with Crippen LogP contribution in [0.15, 0.2) is 72.3 Å². The molecule has 2 aromatic heterocycles. The van der Waals surface area contributed by atoms with E-state index in [4.69, 9.17) is 9.47 Å². The molecule has 0 saturated carbocycles. The van der Waals surface area contributed by atoms with Crippen LogP contribution >= 0.6 is 11.3 Å². The van der Waals surface area contributed by atoms with Gasteiger partial charge in [-0.3, -0.25) is 14.7 Å². The number of hydrogen-bond donors (Lipinski definition) is 0. The van der Waals surface area contributed by atoms with Gasteiger partial charge in [0.2, 0.25) is 5.91 Å². The summed E-state index contributed by atoms with van der Waals surface area (Å²) in [6, 6.07) is 17.7. The number of pyridine rings is 1. The predicted molar refractivity (Wildman–Crippen MR) is 131 cm³/mol. The number of amides is 1. The minimum Gasteiger partial charge on any atom is -0.492 e. The fourth-order valence-electron chi connectivity index (χ4n) is 3.62. The molecule has 0 bridgehead atoms. The zero-order valence-electron chi connectivity index (χ0n) is 18.6. The summed E-state index contributed by atoms with van der Waals surface area (Å²) in [6.45, 7) is 5.91. The number of aromatic nitrogens is 1. The van der Waals surface area contributed by atoms with Crippen molar-refractivity contribution in [2.75, 3.05) is 39.5 Å². The highest BCUT2D eigenvalue weighted by atomic mass is 32.1. The normalized spacial score (nSPS) is 14.4. The maximum Gasteiger partial charge on any atom is 0.247 e. The Bertz CT molecular complexity index is 1020. The van der Waals surface area contributed by atoms with Gasteiger partial charge in [-0.05, 0) is 47.4 Å². The molecule has 1 saturated heterocycles. The molecular weight excluding hydrogens is 434 g/mol. The molecule has 0 atom stereocenters. The van der Waals surface area contributed by atoms with Crippen molar-refractivity contribution in [2.24, 2.45) is 0 Å².